The summed E-state index contributed by atoms with van der Waals surface area (Å²) >= 11 is 1.76. The Morgan fingerprint density at radius 1 is 1.10 bits per heavy atom. The van der Waals surface area contributed by atoms with Gasteiger partial charge in [-0.1, -0.05) is 19.1 Å². The molecule has 0 spiro atoms. The number of ether oxygens (including phenoxy) is 2. The second-order valence-corrected chi connectivity index (χ2v) is 5.83. The molecule has 0 amide bonds. The molecule has 0 radical (unpaired) electrons. The van der Waals surface area contributed by atoms with E-state index in [0.29, 0.717) is 6.04 Å². The third kappa shape index (κ3) is 4.48. The second kappa shape index (κ2) is 8.05. The molecule has 3 nitrogen and oxygen atoms in total. The van der Waals surface area contributed by atoms with E-state index in [1.807, 2.05) is 12.1 Å². The lowest BCUT2D eigenvalue weighted by atomic mass is 10.0. The number of rotatable bonds is 8. The molecule has 0 saturated carbocycles. The number of nitrogens with one attached hydrogen (secondary N) is 1. The van der Waals surface area contributed by atoms with Gasteiger partial charge in [0.15, 0.2) is 0 Å². The van der Waals surface area contributed by atoms with Crippen LogP contribution in [-0.2, 0) is 6.42 Å². The minimum absolute atomic E-state index is 0.381. The van der Waals surface area contributed by atoms with Crippen LogP contribution in [0.5, 0.6) is 11.5 Å². The second-order valence-electron chi connectivity index (χ2n) is 4.89. The minimum atomic E-state index is 0.381. The first-order valence-corrected chi connectivity index (χ1v) is 8.13. The molecule has 1 atom stereocenters. The van der Waals surface area contributed by atoms with Gasteiger partial charge in [0.05, 0.1) is 14.2 Å². The zero-order valence-corrected chi connectivity index (χ0v) is 13.7. The normalized spacial score (nSPS) is 12.1. The van der Waals surface area contributed by atoms with Crippen molar-refractivity contribution in [2.24, 2.45) is 0 Å². The fourth-order valence-electron chi connectivity index (χ4n) is 2.32. The van der Waals surface area contributed by atoms with E-state index in [4.69, 9.17) is 9.47 Å². The maximum atomic E-state index is 5.28. The molecule has 0 aliphatic carbocycles. The monoisotopic (exact) mass is 305 g/mol. The van der Waals surface area contributed by atoms with Crippen LogP contribution in [0.2, 0.25) is 0 Å². The molecule has 1 heterocycles. The van der Waals surface area contributed by atoms with Crippen LogP contribution in [-0.4, -0.2) is 20.8 Å². The van der Waals surface area contributed by atoms with Gasteiger partial charge in [-0.2, -0.15) is 0 Å². The number of hydrogen-bond donors (Lipinski definition) is 1. The molecular formula is C17H23NO2S. The van der Waals surface area contributed by atoms with Crippen LogP contribution in [0.25, 0.3) is 0 Å². The Hall–Kier alpha value is -1.52. The highest BCUT2D eigenvalue weighted by Crippen LogP contribution is 2.29. The van der Waals surface area contributed by atoms with Crippen molar-refractivity contribution in [1.82, 2.24) is 5.32 Å². The van der Waals surface area contributed by atoms with Gasteiger partial charge in [-0.05, 0) is 43.1 Å². The Bertz CT molecular complexity index is 536. The van der Waals surface area contributed by atoms with Crippen LogP contribution in [0.15, 0.2) is 35.7 Å². The molecular weight excluding hydrogens is 282 g/mol. The van der Waals surface area contributed by atoms with Crippen molar-refractivity contribution < 1.29 is 9.47 Å². The maximum Gasteiger partial charge on any atom is 0.129 e. The van der Waals surface area contributed by atoms with Gasteiger partial charge in [0.1, 0.15) is 11.5 Å². The van der Waals surface area contributed by atoms with Gasteiger partial charge < -0.3 is 14.8 Å². The Morgan fingerprint density at radius 2 is 1.81 bits per heavy atom. The number of hydrogen-bond acceptors (Lipinski definition) is 4. The molecule has 21 heavy (non-hydrogen) atoms. The van der Waals surface area contributed by atoms with Gasteiger partial charge >= 0.3 is 0 Å². The van der Waals surface area contributed by atoms with Crippen molar-refractivity contribution in [3.63, 3.8) is 0 Å². The molecule has 1 N–H and O–H groups in total. The Labute approximate surface area is 130 Å². The van der Waals surface area contributed by atoms with Gasteiger partial charge in [-0.15, -0.1) is 11.3 Å². The Balaban J connectivity index is 1.98. The molecule has 0 aliphatic heterocycles. The highest BCUT2D eigenvalue weighted by Gasteiger charge is 2.13. The predicted octanol–water partition coefficient (Wildman–Crippen LogP) is 4.05. The lowest BCUT2D eigenvalue weighted by Gasteiger charge is -2.16. The quantitative estimate of drug-likeness (QED) is 0.798. The molecule has 2 rings (SSSR count). The third-order valence-corrected chi connectivity index (χ3v) is 4.53. The van der Waals surface area contributed by atoms with Gasteiger partial charge in [0.2, 0.25) is 0 Å². The summed E-state index contributed by atoms with van der Waals surface area (Å²) in [6.07, 6.45) is 2.12. The van der Waals surface area contributed by atoms with E-state index >= 15 is 0 Å². The van der Waals surface area contributed by atoms with Crippen molar-refractivity contribution in [3.8, 4) is 11.5 Å². The van der Waals surface area contributed by atoms with Crippen LogP contribution >= 0.6 is 11.3 Å². The summed E-state index contributed by atoms with van der Waals surface area (Å²) in [5.41, 5.74) is 1.34. The van der Waals surface area contributed by atoms with Crippen LogP contribution in [0, 0.1) is 0 Å². The topological polar surface area (TPSA) is 30.5 Å². The van der Waals surface area contributed by atoms with Crippen molar-refractivity contribution in [1.29, 1.82) is 0 Å². The molecule has 1 aromatic carbocycles. The van der Waals surface area contributed by atoms with Crippen LogP contribution in [0.4, 0.5) is 0 Å². The lowest BCUT2D eigenvalue weighted by Crippen LogP contribution is -2.20. The summed E-state index contributed by atoms with van der Waals surface area (Å²) in [4.78, 5) is 1.34. The van der Waals surface area contributed by atoms with E-state index in [-0.39, 0.29) is 0 Å². The predicted molar refractivity (Wildman–Crippen MR) is 88.6 cm³/mol. The molecule has 0 saturated heterocycles. The van der Waals surface area contributed by atoms with Gasteiger partial charge in [0.25, 0.3) is 0 Å². The summed E-state index contributed by atoms with van der Waals surface area (Å²) in [7, 11) is 3.41. The molecule has 1 aromatic heterocycles. The first-order valence-electron chi connectivity index (χ1n) is 7.25. The average Bonchev–Trinajstić information content (AvgIpc) is 3.01. The van der Waals surface area contributed by atoms with Gasteiger partial charge in [-0.3, -0.25) is 0 Å². The zero-order chi connectivity index (χ0) is 15.1. The molecule has 0 aliphatic rings. The van der Waals surface area contributed by atoms with E-state index in [1.165, 1.54) is 10.4 Å². The average molecular weight is 305 g/mol. The van der Waals surface area contributed by atoms with E-state index in [0.717, 1.165) is 30.9 Å². The summed E-state index contributed by atoms with van der Waals surface area (Å²) in [6, 6.07) is 10.8. The summed E-state index contributed by atoms with van der Waals surface area (Å²) in [5.74, 6) is 1.85. The number of aryl methyl sites for hydroxylation is 1. The van der Waals surface area contributed by atoms with Crippen molar-refractivity contribution in [2.45, 2.75) is 25.8 Å². The SMILES string of the molecule is CCNC(CCc1ccc(OC)cc1)c1cc(OC)cs1. The summed E-state index contributed by atoms with van der Waals surface area (Å²) in [6.45, 7) is 3.11. The Morgan fingerprint density at radius 3 is 2.38 bits per heavy atom. The van der Waals surface area contributed by atoms with Crippen LogP contribution in [0.1, 0.15) is 29.8 Å². The fourth-order valence-corrected chi connectivity index (χ4v) is 3.28. The number of thiophene rings is 1. The highest BCUT2D eigenvalue weighted by molar-refractivity contribution is 7.10. The zero-order valence-electron chi connectivity index (χ0n) is 12.9. The molecule has 1 unspecified atom stereocenters. The van der Waals surface area contributed by atoms with E-state index in [1.54, 1.807) is 25.6 Å². The molecule has 0 fully saturated rings. The fraction of sp³-hybridized carbons (Fsp3) is 0.412. The standard InChI is InChI=1S/C17H23NO2S/c1-4-18-16(17-11-15(20-3)12-21-17)10-7-13-5-8-14(19-2)9-6-13/h5-6,8-9,11-12,16,18H,4,7,10H2,1-3H3. The summed E-state index contributed by atoms with van der Waals surface area (Å²) in [5, 5.41) is 5.62. The molecule has 114 valence electrons. The van der Waals surface area contributed by atoms with E-state index < -0.39 is 0 Å². The number of methoxy groups -OCH3 is 2. The van der Waals surface area contributed by atoms with Crippen molar-refractivity contribution in [3.05, 3.63) is 46.2 Å². The molecule has 0 bridgehead atoms. The lowest BCUT2D eigenvalue weighted by molar-refractivity contribution is 0.414. The largest absolute Gasteiger partial charge is 0.497 e. The smallest absolute Gasteiger partial charge is 0.129 e. The number of benzene rings is 1. The van der Waals surface area contributed by atoms with E-state index in [9.17, 15) is 0 Å². The third-order valence-electron chi connectivity index (χ3n) is 3.51. The van der Waals surface area contributed by atoms with Crippen LogP contribution in [0.3, 0.4) is 0 Å². The Kier molecular flexibility index (Phi) is 6.08. The molecule has 2 aromatic rings. The highest BCUT2D eigenvalue weighted by atomic mass is 32.1. The van der Waals surface area contributed by atoms with Gasteiger partial charge in [-0.25, -0.2) is 0 Å². The van der Waals surface area contributed by atoms with Crippen molar-refractivity contribution >= 4 is 11.3 Å². The van der Waals surface area contributed by atoms with E-state index in [2.05, 4.69) is 35.8 Å². The first-order chi connectivity index (χ1) is 10.3. The summed E-state index contributed by atoms with van der Waals surface area (Å²) < 4.78 is 10.5. The van der Waals surface area contributed by atoms with Gasteiger partial charge in [0, 0.05) is 16.3 Å². The maximum absolute atomic E-state index is 5.28. The van der Waals surface area contributed by atoms with Crippen molar-refractivity contribution in [2.75, 3.05) is 20.8 Å². The minimum Gasteiger partial charge on any atom is -0.497 e. The molecule has 4 heteroatoms. The first kappa shape index (κ1) is 15.9. The van der Waals surface area contributed by atoms with Crippen LogP contribution < -0.4 is 14.8 Å².